The van der Waals surface area contributed by atoms with Crippen molar-refractivity contribution in [1.82, 2.24) is 9.88 Å². The smallest absolute Gasteiger partial charge is 0.228 e. The topological polar surface area (TPSA) is 42.4 Å². The quantitative estimate of drug-likeness (QED) is 0.759. The second kappa shape index (κ2) is 5.07. The Morgan fingerprint density at radius 1 is 1.62 bits per heavy atom. The lowest BCUT2D eigenvalue weighted by molar-refractivity contribution is -0.129. The minimum atomic E-state index is 0.137. The molecule has 1 unspecified atom stereocenters. The maximum Gasteiger partial charge on any atom is 0.228 e. The number of carbonyl (C=O) groups excluding carboxylic acids is 1. The van der Waals surface area contributed by atoms with E-state index in [1.165, 1.54) is 0 Å². The second-order valence-electron chi connectivity index (χ2n) is 3.98. The van der Waals surface area contributed by atoms with Crippen LogP contribution in [0.15, 0.2) is 24.4 Å². The van der Waals surface area contributed by atoms with E-state index in [9.17, 15) is 4.79 Å². The van der Waals surface area contributed by atoms with Crippen molar-refractivity contribution < 1.29 is 9.53 Å². The first-order valence-corrected chi connectivity index (χ1v) is 5.50. The Morgan fingerprint density at radius 3 is 3.12 bits per heavy atom. The molecule has 1 atom stereocenters. The molecular weight excluding hydrogens is 204 g/mol. The molecular formula is C12H16N2O2. The maximum absolute atomic E-state index is 11.9. The van der Waals surface area contributed by atoms with Crippen molar-refractivity contribution in [1.29, 1.82) is 0 Å². The fraction of sp³-hybridized carbons (Fsp3) is 0.500. The van der Waals surface area contributed by atoms with Gasteiger partial charge in [-0.05, 0) is 18.6 Å². The van der Waals surface area contributed by atoms with Gasteiger partial charge in [0.15, 0.2) is 0 Å². The number of amides is 1. The summed E-state index contributed by atoms with van der Waals surface area (Å²) >= 11 is 0. The maximum atomic E-state index is 11.9. The van der Waals surface area contributed by atoms with Crippen LogP contribution in [0.2, 0.25) is 0 Å². The van der Waals surface area contributed by atoms with Crippen LogP contribution in [-0.2, 0) is 16.0 Å². The monoisotopic (exact) mass is 220 g/mol. The molecule has 86 valence electrons. The van der Waals surface area contributed by atoms with Crippen molar-refractivity contribution in [2.75, 3.05) is 20.2 Å². The second-order valence-corrected chi connectivity index (χ2v) is 3.98. The molecule has 1 aromatic rings. The third kappa shape index (κ3) is 2.58. The first-order valence-electron chi connectivity index (χ1n) is 5.50. The zero-order valence-corrected chi connectivity index (χ0v) is 9.43. The van der Waals surface area contributed by atoms with Gasteiger partial charge in [-0.15, -0.1) is 0 Å². The predicted octanol–water partition coefficient (Wildman–Crippen LogP) is 0.871. The van der Waals surface area contributed by atoms with Gasteiger partial charge in [-0.2, -0.15) is 0 Å². The molecule has 1 aliphatic heterocycles. The van der Waals surface area contributed by atoms with Gasteiger partial charge in [0.05, 0.1) is 12.5 Å². The Bertz CT molecular complexity index is 353. The van der Waals surface area contributed by atoms with Gasteiger partial charge in [0, 0.05) is 32.1 Å². The Labute approximate surface area is 95.2 Å². The van der Waals surface area contributed by atoms with Gasteiger partial charge in [0.2, 0.25) is 5.91 Å². The molecule has 1 amide bonds. The van der Waals surface area contributed by atoms with Crippen molar-refractivity contribution in [2.24, 2.45) is 0 Å². The highest BCUT2D eigenvalue weighted by Crippen LogP contribution is 2.13. The van der Waals surface area contributed by atoms with E-state index in [4.69, 9.17) is 4.74 Å². The number of pyridine rings is 1. The first kappa shape index (κ1) is 11.1. The lowest BCUT2D eigenvalue weighted by Gasteiger charge is -2.15. The van der Waals surface area contributed by atoms with E-state index < -0.39 is 0 Å². The number of aromatic nitrogens is 1. The molecule has 1 saturated heterocycles. The third-order valence-corrected chi connectivity index (χ3v) is 2.89. The van der Waals surface area contributed by atoms with Crippen LogP contribution >= 0.6 is 0 Å². The normalized spacial score (nSPS) is 20.1. The average Bonchev–Trinajstić information content (AvgIpc) is 2.79. The van der Waals surface area contributed by atoms with E-state index in [0.717, 1.165) is 18.7 Å². The number of rotatable bonds is 3. The minimum Gasteiger partial charge on any atom is -0.380 e. The Morgan fingerprint density at radius 2 is 2.50 bits per heavy atom. The molecule has 0 radical (unpaired) electrons. The van der Waals surface area contributed by atoms with Crippen molar-refractivity contribution in [3.63, 3.8) is 0 Å². The summed E-state index contributed by atoms with van der Waals surface area (Å²) in [5.41, 5.74) is 0.827. The SMILES string of the molecule is COC1CCN(C(=O)Cc2ccccn2)C1. The number of nitrogens with zero attached hydrogens (tertiary/aromatic N) is 2. The van der Waals surface area contributed by atoms with Crippen LogP contribution in [0.4, 0.5) is 0 Å². The van der Waals surface area contributed by atoms with E-state index >= 15 is 0 Å². The number of carbonyl (C=O) groups is 1. The van der Waals surface area contributed by atoms with Gasteiger partial charge >= 0.3 is 0 Å². The number of hydrogen-bond donors (Lipinski definition) is 0. The lowest BCUT2D eigenvalue weighted by atomic mass is 10.2. The van der Waals surface area contributed by atoms with Crippen molar-refractivity contribution in [3.05, 3.63) is 30.1 Å². The van der Waals surface area contributed by atoms with E-state index in [0.29, 0.717) is 13.0 Å². The molecule has 0 saturated carbocycles. The summed E-state index contributed by atoms with van der Waals surface area (Å²) in [7, 11) is 1.69. The Balaban J connectivity index is 1.90. The summed E-state index contributed by atoms with van der Waals surface area (Å²) in [6, 6.07) is 5.63. The number of ether oxygens (including phenoxy) is 1. The highest BCUT2D eigenvalue weighted by Gasteiger charge is 2.25. The van der Waals surface area contributed by atoms with Gasteiger partial charge in [-0.1, -0.05) is 6.07 Å². The summed E-state index contributed by atoms with van der Waals surface area (Å²) in [4.78, 5) is 17.9. The molecule has 1 aromatic heterocycles. The number of likely N-dealkylation sites (tertiary alicyclic amines) is 1. The van der Waals surface area contributed by atoms with Crippen molar-refractivity contribution in [2.45, 2.75) is 18.9 Å². The van der Waals surface area contributed by atoms with Crippen LogP contribution in [0.25, 0.3) is 0 Å². The molecule has 0 aliphatic carbocycles. The van der Waals surface area contributed by atoms with Crippen LogP contribution in [0.5, 0.6) is 0 Å². The van der Waals surface area contributed by atoms with E-state index in [-0.39, 0.29) is 12.0 Å². The third-order valence-electron chi connectivity index (χ3n) is 2.89. The summed E-state index contributed by atoms with van der Waals surface area (Å²) in [5, 5.41) is 0. The molecule has 0 spiro atoms. The minimum absolute atomic E-state index is 0.137. The fourth-order valence-corrected chi connectivity index (χ4v) is 1.92. The Hall–Kier alpha value is -1.42. The summed E-state index contributed by atoms with van der Waals surface area (Å²) in [5.74, 6) is 0.137. The number of hydrogen-bond acceptors (Lipinski definition) is 3. The largest absolute Gasteiger partial charge is 0.380 e. The van der Waals surface area contributed by atoms with Gasteiger partial charge in [0.25, 0.3) is 0 Å². The van der Waals surface area contributed by atoms with Crippen LogP contribution < -0.4 is 0 Å². The molecule has 4 heteroatoms. The summed E-state index contributed by atoms with van der Waals surface area (Å²) < 4.78 is 5.23. The highest BCUT2D eigenvalue weighted by atomic mass is 16.5. The number of methoxy groups -OCH3 is 1. The molecule has 0 N–H and O–H groups in total. The average molecular weight is 220 g/mol. The van der Waals surface area contributed by atoms with Crippen molar-refractivity contribution >= 4 is 5.91 Å². The van der Waals surface area contributed by atoms with Crippen LogP contribution in [0.1, 0.15) is 12.1 Å². The lowest BCUT2D eigenvalue weighted by Crippen LogP contribution is -2.31. The van der Waals surface area contributed by atoms with E-state index in [2.05, 4.69) is 4.98 Å². The van der Waals surface area contributed by atoms with Crippen LogP contribution in [0, 0.1) is 0 Å². The summed E-state index contributed by atoms with van der Waals surface area (Å²) in [6.45, 7) is 1.51. The molecule has 4 nitrogen and oxygen atoms in total. The molecule has 0 aromatic carbocycles. The molecule has 16 heavy (non-hydrogen) atoms. The van der Waals surface area contributed by atoms with Crippen LogP contribution in [0.3, 0.4) is 0 Å². The van der Waals surface area contributed by atoms with E-state index in [1.807, 2.05) is 23.1 Å². The highest BCUT2D eigenvalue weighted by molar-refractivity contribution is 5.78. The van der Waals surface area contributed by atoms with Gasteiger partial charge in [-0.3, -0.25) is 9.78 Å². The zero-order valence-electron chi connectivity index (χ0n) is 9.43. The first-order chi connectivity index (χ1) is 7.79. The van der Waals surface area contributed by atoms with Crippen LogP contribution in [-0.4, -0.2) is 42.1 Å². The predicted molar refractivity (Wildman–Crippen MR) is 59.9 cm³/mol. The molecule has 1 fully saturated rings. The zero-order chi connectivity index (χ0) is 11.4. The summed E-state index contributed by atoms with van der Waals surface area (Å²) in [6.07, 6.45) is 3.24. The van der Waals surface area contributed by atoms with Gasteiger partial charge in [0.1, 0.15) is 0 Å². The molecule has 0 bridgehead atoms. The van der Waals surface area contributed by atoms with Gasteiger partial charge < -0.3 is 9.64 Å². The Kier molecular flexibility index (Phi) is 3.51. The van der Waals surface area contributed by atoms with Gasteiger partial charge in [-0.25, -0.2) is 0 Å². The molecule has 1 aliphatic rings. The fourth-order valence-electron chi connectivity index (χ4n) is 1.92. The molecule has 2 rings (SSSR count). The standard InChI is InChI=1S/C12H16N2O2/c1-16-11-5-7-14(9-11)12(15)8-10-4-2-3-6-13-10/h2-4,6,11H,5,7-9H2,1H3. The van der Waals surface area contributed by atoms with E-state index in [1.54, 1.807) is 13.3 Å². The van der Waals surface area contributed by atoms with Crippen molar-refractivity contribution in [3.8, 4) is 0 Å². The molecule has 2 heterocycles.